The maximum atomic E-state index is 11.9. The smallest absolute Gasteiger partial charge is 0.349 e. The van der Waals surface area contributed by atoms with Gasteiger partial charge in [-0.05, 0) is 31.4 Å². The number of hydrogen-bond donors (Lipinski definition) is 1. The van der Waals surface area contributed by atoms with E-state index in [-0.39, 0.29) is 17.5 Å². The minimum atomic E-state index is -0.371. The zero-order valence-corrected chi connectivity index (χ0v) is 17.0. The number of nitrogens with two attached hydrogens (primary N) is 1. The number of carbonyl (C=O) groups excluding carboxylic acids is 1. The molecule has 0 aliphatic heterocycles. The second kappa shape index (κ2) is 10.3. The molecule has 0 amide bonds. The third-order valence-corrected chi connectivity index (χ3v) is 4.61. The molecule has 3 aromatic rings. The molecule has 0 unspecified atom stereocenters. The van der Waals surface area contributed by atoms with Crippen molar-refractivity contribution in [2.45, 2.75) is 45.7 Å². The van der Waals surface area contributed by atoms with Gasteiger partial charge in [0.1, 0.15) is 11.5 Å². The summed E-state index contributed by atoms with van der Waals surface area (Å²) in [6.45, 7) is 3.41. The third-order valence-electron chi connectivity index (χ3n) is 4.61. The van der Waals surface area contributed by atoms with Crippen LogP contribution in [0.15, 0.2) is 47.5 Å². The molecule has 0 saturated carbocycles. The Morgan fingerprint density at radius 3 is 2.67 bits per heavy atom. The minimum Gasteiger partial charge on any atom is -0.466 e. The predicted molar refractivity (Wildman–Crippen MR) is 113 cm³/mol. The number of aryl methyl sites for hydroxylation is 1. The van der Waals surface area contributed by atoms with Crippen LogP contribution < -0.4 is 11.4 Å². The SMILES string of the molecule is CCOC(=O)CCCCCn1cc(-c2ccc(Cn3ccc(N)nc3=O)cc2)nn1. The van der Waals surface area contributed by atoms with E-state index in [1.54, 1.807) is 12.3 Å². The van der Waals surface area contributed by atoms with Crippen molar-refractivity contribution in [1.82, 2.24) is 24.5 Å². The Bertz CT molecular complexity index is 1030. The van der Waals surface area contributed by atoms with Crippen LogP contribution in [0.2, 0.25) is 0 Å². The average molecular weight is 410 g/mol. The number of nitrogens with zero attached hydrogens (tertiary/aromatic N) is 5. The van der Waals surface area contributed by atoms with Gasteiger partial charge in [0.25, 0.3) is 0 Å². The molecule has 9 heteroatoms. The minimum absolute atomic E-state index is 0.137. The van der Waals surface area contributed by atoms with Gasteiger partial charge >= 0.3 is 11.7 Å². The standard InChI is InChI=1S/C21H26N6O3/c1-2-30-20(28)6-4-3-5-12-27-15-18(24-25-27)17-9-7-16(8-10-17)14-26-13-11-19(22)23-21(26)29/h7-11,13,15H,2-6,12,14H2,1H3,(H2,22,23,29). The van der Waals surface area contributed by atoms with E-state index in [2.05, 4.69) is 15.3 Å². The first-order chi connectivity index (χ1) is 14.5. The van der Waals surface area contributed by atoms with Crippen molar-refractivity contribution >= 4 is 11.8 Å². The number of hydrogen-bond acceptors (Lipinski definition) is 7. The van der Waals surface area contributed by atoms with E-state index in [9.17, 15) is 9.59 Å². The molecule has 30 heavy (non-hydrogen) atoms. The van der Waals surface area contributed by atoms with Gasteiger partial charge < -0.3 is 10.5 Å². The van der Waals surface area contributed by atoms with Crippen LogP contribution in [0.25, 0.3) is 11.3 Å². The Kier molecular flexibility index (Phi) is 7.31. The molecule has 0 aliphatic rings. The summed E-state index contributed by atoms with van der Waals surface area (Å²) in [6.07, 6.45) is 6.68. The number of anilines is 1. The molecule has 0 spiro atoms. The summed E-state index contributed by atoms with van der Waals surface area (Å²) in [5, 5.41) is 8.41. The second-order valence-corrected chi connectivity index (χ2v) is 6.94. The number of ether oxygens (including phenoxy) is 1. The topological polar surface area (TPSA) is 118 Å². The lowest BCUT2D eigenvalue weighted by atomic mass is 10.1. The van der Waals surface area contributed by atoms with Crippen LogP contribution in [-0.4, -0.2) is 37.1 Å². The van der Waals surface area contributed by atoms with Gasteiger partial charge in [0.05, 0.1) is 19.3 Å². The highest BCUT2D eigenvalue weighted by atomic mass is 16.5. The summed E-state index contributed by atoms with van der Waals surface area (Å²) in [5.41, 5.74) is 7.87. The number of esters is 1. The van der Waals surface area contributed by atoms with Gasteiger partial charge in [-0.2, -0.15) is 4.98 Å². The molecule has 0 saturated heterocycles. The van der Waals surface area contributed by atoms with E-state index < -0.39 is 0 Å². The summed E-state index contributed by atoms with van der Waals surface area (Å²) in [4.78, 5) is 26.9. The first kappa shape index (κ1) is 21.2. The summed E-state index contributed by atoms with van der Waals surface area (Å²) < 4.78 is 8.24. The number of aromatic nitrogens is 5. The van der Waals surface area contributed by atoms with E-state index in [0.717, 1.165) is 42.6 Å². The fraction of sp³-hybridized carbons (Fsp3) is 0.381. The first-order valence-corrected chi connectivity index (χ1v) is 10.0. The molecule has 1 aromatic carbocycles. The zero-order valence-electron chi connectivity index (χ0n) is 17.0. The van der Waals surface area contributed by atoms with Gasteiger partial charge in [-0.1, -0.05) is 35.9 Å². The Balaban J connectivity index is 1.50. The molecule has 2 aromatic heterocycles. The summed E-state index contributed by atoms with van der Waals surface area (Å²) in [7, 11) is 0. The van der Waals surface area contributed by atoms with Crippen LogP contribution >= 0.6 is 0 Å². The molecule has 2 heterocycles. The summed E-state index contributed by atoms with van der Waals surface area (Å²) in [6, 6.07) is 9.42. The first-order valence-electron chi connectivity index (χ1n) is 10.0. The van der Waals surface area contributed by atoms with Gasteiger partial charge in [-0.3, -0.25) is 14.0 Å². The predicted octanol–water partition coefficient (Wildman–Crippen LogP) is 2.26. The maximum Gasteiger partial charge on any atom is 0.349 e. The van der Waals surface area contributed by atoms with E-state index in [4.69, 9.17) is 10.5 Å². The largest absolute Gasteiger partial charge is 0.466 e. The van der Waals surface area contributed by atoms with Gasteiger partial charge in [0.15, 0.2) is 0 Å². The van der Waals surface area contributed by atoms with Crippen molar-refractivity contribution in [1.29, 1.82) is 0 Å². The highest BCUT2D eigenvalue weighted by Gasteiger charge is 2.06. The fourth-order valence-corrected chi connectivity index (χ4v) is 3.03. The second-order valence-electron chi connectivity index (χ2n) is 6.94. The molecule has 0 radical (unpaired) electrons. The zero-order chi connectivity index (χ0) is 21.3. The van der Waals surface area contributed by atoms with Crippen LogP contribution in [0.5, 0.6) is 0 Å². The van der Waals surface area contributed by atoms with E-state index >= 15 is 0 Å². The van der Waals surface area contributed by atoms with E-state index in [1.165, 1.54) is 4.57 Å². The van der Waals surface area contributed by atoms with Gasteiger partial charge in [-0.25, -0.2) is 4.79 Å². The summed E-state index contributed by atoms with van der Waals surface area (Å²) in [5.74, 6) is 0.0789. The summed E-state index contributed by atoms with van der Waals surface area (Å²) >= 11 is 0. The number of nitrogen functional groups attached to an aromatic ring is 1. The van der Waals surface area contributed by atoms with Crippen molar-refractivity contribution in [3.8, 4) is 11.3 Å². The lowest BCUT2D eigenvalue weighted by Crippen LogP contribution is -2.23. The van der Waals surface area contributed by atoms with Crippen LogP contribution in [-0.2, 0) is 22.6 Å². The monoisotopic (exact) mass is 410 g/mol. The van der Waals surface area contributed by atoms with Gasteiger partial charge in [0.2, 0.25) is 0 Å². The Hall–Kier alpha value is -3.49. The molecular weight excluding hydrogens is 384 g/mol. The molecular formula is C21H26N6O3. The molecule has 9 nitrogen and oxygen atoms in total. The average Bonchev–Trinajstić information content (AvgIpc) is 3.19. The molecule has 0 bridgehead atoms. The highest BCUT2D eigenvalue weighted by molar-refractivity contribution is 5.69. The van der Waals surface area contributed by atoms with Crippen LogP contribution in [0.1, 0.15) is 38.2 Å². The van der Waals surface area contributed by atoms with Gasteiger partial charge in [-0.15, -0.1) is 5.10 Å². The molecule has 3 rings (SSSR count). The molecule has 0 aliphatic carbocycles. The molecule has 0 atom stereocenters. The molecule has 0 fully saturated rings. The molecule has 2 N–H and O–H groups in total. The fourth-order valence-electron chi connectivity index (χ4n) is 3.03. The molecule has 158 valence electrons. The number of carbonyl (C=O) groups is 1. The van der Waals surface area contributed by atoms with Crippen LogP contribution in [0.3, 0.4) is 0 Å². The Morgan fingerprint density at radius 1 is 1.13 bits per heavy atom. The maximum absolute atomic E-state index is 11.9. The van der Waals surface area contributed by atoms with E-state index in [0.29, 0.717) is 19.6 Å². The van der Waals surface area contributed by atoms with E-state index in [1.807, 2.05) is 42.1 Å². The van der Waals surface area contributed by atoms with Crippen LogP contribution in [0, 0.1) is 0 Å². The quantitative estimate of drug-likeness (QED) is 0.402. The van der Waals surface area contributed by atoms with Crippen molar-refractivity contribution in [3.63, 3.8) is 0 Å². The normalized spacial score (nSPS) is 10.8. The highest BCUT2D eigenvalue weighted by Crippen LogP contribution is 2.17. The Labute approximate surface area is 174 Å². The Morgan fingerprint density at radius 2 is 1.93 bits per heavy atom. The van der Waals surface area contributed by atoms with Crippen LogP contribution in [0.4, 0.5) is 5.82 Å². The lowest BCUT2D eigenvalue weighted by Gasteiger charge is -2.06. The van der Waals surface area contributed by atoms with Gasteiger partial charge in [0, 0.05) is 24.7 Å². The third kappa shape index (κ3) is 6.00. The lowest BCUT2D eigenvalue weighted by molar-refractivity contribution is -0.143. The number of rotatable bonds is 10. The van der Waals surface area contributed by atoms with Crippen molar-refractivity contribution in [2.24, 2.45) is 0 Å². The number of unbranched alkanes of at least 4 members (excludes halogenated alkanes) is 2. The van der Waals surface area contributed by atoms with Crippen molar-refractivity contribution < 1.29 is 9.53 Å². The van der Waals surface area contributed by atoms with Crippen molar-refractivity contribution in [2.75, 3.05) is 12.3 Å². The van der Waals surface area contributed by atoms with Crippen molar-refractivity contribution in [3.05, 3.63) is 58.8 Å². The number of benzene rings is 1.